The summed E-state index contributed by atoms with van der Waals surface area (Å²) in [4.78, 5) is 16.7. The predicted molar refractivity (Wildman–Crippen MR) is 154 cm³/mol. The van der Waals surface area contributed by atoms with E-state index in [2.05, 4.69) is 92.5 Å². The van der Waals surface area contributed by atoms with E-state index in [0.717, 1.165) is 0 Å². The van der Waals surface area contributed by atoms with Crippen molar-refractivity contribution >= 4 is 22.5 Å². The summed E-state index contributed by atoms with van der Waals surface area (Å²) in [5.41, 5.74) is 3.31. The minimum absolute atomic E-state index is 0.0385. The summed E-state index contributed by atoms with van der Waals surface area (Å²) in [7, 11) is -4.79. The normalized spacial score (nSPS) is 25.6. The third-order valence-electron chi connectivity index (χ3n) is 9.85. The summed E-state index contributed by atoms with van der Waals surface area (Å²) in [6.07, 6.45) is 4.61. The van der Waals surface area contributed by atoms with Gasteiger partial charge in [0.2, 0.25) is 0 Å². The van der Waals surface area contributed by atoms with Crippen molar-refractivity contribution in [3.05, 3.63) is 22.7 Å². The van der Waals surface area contributed by atoms with Crippen molar-refractivity contribution in [2.24, 2.45) is 11.8 Å². The van der Waals surface area contributed by atoms with E-state index in [1.54, 1.807) is 0 Å². The molecule has 1 aliphatic heterocycles. The number of hydrogen-bond acceptors (Lipinski definition) is 7. The highest BCUT2D eigenvalue weighted by Crippen LogP contribution is 2.50. The first-order valence-electron chi connectivity index (χ1n) is 13.2. The van der Waals surface area contributed by atoms with Crippen LogP contribution in [0.4, 0.5) is 5.82 Å². The van der Waals surface area contributed by atoms with Gasteiger partial charge < -0.3 is 24.4 Å². The van der Waals surface area contributed by atoms with Gasteiger partial charge >= 0.3 is 5.69 Å². The van der Waals surface area contributed by atoms with Crippen LogP contribution in [-0.4, -0.2) is 55.7 Å². The molecule has 1 saturated heterocycles. The molecular weight excluding hydrogens is 502 g/mol. The fourth-order valence-electron chi connectivity index (χ4n) is 4.39. The molecule has 10 heteroatoms. The first-order chi connectivity index (χ1) is 16.7. The molecule has 8 nitrogen and oxygen atoms in total. The van der Waals surface area contributed by atoms with Gasteiger partial charge in [0, 0.05) is 6.20 Å². The van der Waals surface area contributed by atoms with E-state index < -0.39 is 46.4 Å². The van der Waals surface area contributed by atoms with Crippen molar-refractivity contribution in [1.29, 1.82) is 0 Å². The van der Waals surface area contributed by atoms with Crippen molar-refractivity contribution < 1.29 is 18.7 Å². The van der Waals surface area contributed by atoms with Gasteiger partial charge in [0.1, 0.15) is 18.0 Å². The van der Waals surface area contributed by atoms with Crippen LogP contribution in [0.25, 0.3) is 0 Å². The Kier molecular flexibility index (Phi) is 9.08. The lowest BCUT2D eigenvalue weighted by Crippen LogP contribution is -2.57. The maximum absolute atomic E-state index is 12.9. The molecule has 1 aromatic rings. The number of anilines is 1. The zero-order chi connectivity index (χ0) is 28.8. The van der Waals surface area contributed by atoms with E-state index in [9.17, 15) is 9.90 Å². The second kappa shape index (κ2) is 10.6. The van der Waals surface area contributed by atoms with Gasteiger partial charge in [-0.1, -0.05) is 61.3 Å². The second-order valence-corrected chi connectivity index (χ2v) is 22.3. The number of aromatic nitrogens is 2. The van der Waals surface area contributed by atoms with Gasteiger partial charge in [-0.05, 0) is 54.2 Å². The summed E-state index contributed by atoms with van der Waals surface area (Å²) in [6.45, 7) is 26.1. The molecule has 1 aliphatic rings. The Morgan fingerprint density at radius 3 is 2.14 bits per heavy atom. The van der Waals surface area contributed by atoms with Crippen LogP contribution in [0, 0.1) is 24.2 Å². The van der Waals surface area contributed by atoms with Crippen LogP contribution >= 0.6 is 0 Å². The van der Waals surface area contributed by atoms with Gasteiger partial charge in [0.25, 0.3) is 0 Å². The molecule has 0 saturated carbocycles. The van der Waals surface area contributed by atoms with Gasteiger partial charge in [-0.25, -0.2) is 4.79 Å². The van der Waals surface area contributed by atoms with Gasteiger partial charge in [-0.15, -0.1) is 6.42 Å². The number of aliphatic hydroxyl groups is 1. The number of rotatable bonds is 10. The fourth-order valence-corrected chi connectivity index (χ4v) is 9.35. The van der Waals surface area contributed by atoms with Crippen molar-refractivity contribution in [3.8, 4) is 12.3 Å². The molecule has 0 radical (unpaired) electrons. The smallest absolute Gasteiger partial charge is 0.351 e. The average molecular weight is 552 g/mol. The third kappa shape index (κ3) is 5.77. The summed E-state index contributed by atoms with van der Waals surface area (Å²) in [5, 5.41) is 11.8. The average Bonchev–Trinajstić information content (AvgIpc) is 3.03. The van der Waals surface area contributed by atoms with Crippen molar-refractivity contribution in [2.75, 3.05) is 12.3 Å². The van der Waals surface area contributed by atoms with Gasteiger partial charge in [0.15, 0.2) is 28.5 Å². The number of terminal acetylenes is 1. The Hall–Kier alpha value is -1.49. The Labute approximate surface area is 225 Å². The molecule has 0 amide bonds. The van der Waals surface area contributed by atoms with Gasteiger partial charge in [0.05, 0.1) is 6.61 Å². The molecule has 0 aromatic carbocycles. The molecular formula is C27H49N3O5Si2. The molecule has 1 fully saturated rings. The molecule has 2 heterocycles. The Balaban J connectivity index is 2.56. The van der Waals surface area contributed by atoms with E-state index in [-0.39, 0.29) is 22.5 Å². The highest BCUT2D eigenvalue weighted by atomic mass is 28.4. The third-order valence-corrected chi connectivity index (χ3v) is 18.9. The first-order valence-corrected chi connectivity index (χ1v) is 19.0. The van der Waals surface area contributed by atoms with Crippen LogP contribution < -0.4 is 11.4 Å². The zero-order valence-electron chi connectivity index (χ0n) is 24.9. The minimum atomic E-state index is -2.53. The fraction of sp³-hybridized carbons (Fsp3) is 0.778. The molecule has 3 N–H and O–H groups in total. The van der Waals surface area contributed by atoms with Crippen LogP contribution in [0.15, 0.2) is 17.1 Å². The number of hydrogen-bond donors (Lipinski definition) is 2. The topological polar surface area (TPSA) is 109 Å². The van der Waals surface area contributed by atoms with Crippen LogP contribution in [0.3, 0.4) is 0 Å². The number of nitrogens with zero attached hydrogens (tertiary/aromatic N) is 2. The predicted octanol–water partition coefficient (Wildman–Crippen LogP) is 4.77. The number of nitrogen functional groups attached to an aromatic ring is 1. The molecule has 37 heavy (non-hydrogen) atoms. The largest absolute Gasteiger partial charge is 0.414 e. The number of ether oxygens (including phenoxy) is 1. The van der Waals surface area contributed by atoms with Crippen LogP contribution in [-0.2, 0) is 13.6 Å². The van der Waals surface area contributed by atoms with Gasteiger partial charge in [-0.2, -0.15) is 4.98 Å². The Morgan fingerprint density at radius 1 is 1.16 bits per heavy atom. The van der Waals surface area contributed by atoms with Crippen LogP contribution in [0.2, 0.25) is 36.3 Å². The molecule has 210 valence electrons. The maximum Gasteiger partial charge on any atom is 0.351 e. The minimum Gasteiger partial charge on any atom is -0.414 e. The van der Waals surface area contributed by atoms with Gasteiger partial charge in [-0.3, -0.25) is 4.57 Å². The van der Waals surface area contributed by atoms with E-state index in [1.165, 1.54) is 16.8 Å². The Morgan fingerprint density at radius 2 is 1.68 bits per heavy atom. The first kappa shape index (κ1) is 31.7. The summed E-state index contributed by atoms with van der Waals surface area (Å²) in [6, 6.07) is 1.52. The van der Waals surface area contributed by atoms with Crippen LogP contribution in [0.5, 0.6) is 0 Å². The van der Waals surface area contributed by atoms with E-state index in [0.29, 0.717) is 11.8 Å². The van der Waals surface area contributed by atoms with Crippen molar-refractivity contribution in [2.45, 2.75) is 116 Å². The van der Waals surface area contributed by atoms with E-state index >= 15 is 0 Å². The lowest BCUT2D eigenvalue weighted by atomic mass is 9.93. The lowest BCUT2D eigenvalue weighted by molar-refractivity contribution is -0.0600. The maximum atomic E-state index is 12.9. The SMILES string of the molecule is C#C[C@@]1(O)[C@@H](CO[Si](C)(C)C(C)(C)C(C)C)O[C@H](n2ccc(N)nc2=O)[C@@H]1O[Si](C)(C)C(C)(C)C(C)C. The summed E-state index contributed by atoms with van der Waals surface area (Å²) in [5.74, 6) is 3.39. The molecule has 0 unspecified atom stereocenters. The highest BCUT2D eigenvalue weighted by molar-refractivity contribution is 6.74. The Bertz CT molecular complexity index is 1060. The molecule has 4 atom stereocenters. The molecule has 2 rings (SSSR count). The second-order valence-electron chi connectivity index (χ2n) is 13.2. The molecule has 1 aromatic heterocycles. The standard InChI is InChI=1S/C27H49N3O5Si2/c1-14-27(32)20(17-33-36(10,11)25(6,7)18(2)3)34-23(30-16-15-21(28)29-24(30)31)22(27)35-37(12,13)26(8,9)19(4)5/h1,15-16,18-20,22-23,32H,17H2,2-13H3,(H2,28,29,31)/t20-,22+,23+,27-/m1/s1. The van der Waals surface area contributed by atoms with Crippen molar-refractivity contribution in [3.63, 3.8) is 0 Å². The van der Waals surface area contributed by atoms with E-state index in [1.807, 2.05) is 0 Å². The molecule has 0 spiro atoms. The lowest BCUT2D eigenvalue weighted by Gasteiger charge is -2.46. The van der Waals surface area contributed by atoms with Crippen molar-refractivity contribution in [1.82, 2.24) is 9.55 Å². The van der Waals surface area contributed by atoms with Crippen LogP contribution in [0.1, 0.15) is 61.6 Å². The molecule has 0 bridgehead atoms. The quantitative estimate of drug-likeness (QED) is 0.318. The monoisotopic (exact) mass is 551 g/mol. The summed E-state index contributed by atoms with van der Waals surface area (Å²) < 4.78 is 21.0. The van der Waals surface area contributed by atoms with E-state index in [4.69, 9.17) is 25.7 Å². The summed E-state index contributed by atoms with van der Waals surface area (Å²) >= 11 is 0. The molecule has 0 aliphatic carbocycles. The zero-order valence-corrected chi connectivity index (χ0v) is 26.9. The number of nitrogens with two attached hydrogens (primary N) is 1. The highest BCUT2D eigenvalue weighted by Gasteiger charge is 2.60.